The van der Waals surface area contributed by atoms with Crippen LogP contribution in [0.1, 0.15) is 50.1 Å². The molecule has 2 aliphatic rings. The van der Waals surface area contributed by atoms with E-state index in [1.54, 1.807) is 13.2 Å². The smallest absolute Gasteiger partial charge is 0.291 e. The summed E-state index contributed by atoms with van der Waals surface area (Å²) in [5.41, 5.74) is 1.19. The Morgan fingerprint density at radius 2 is 2.03 bits per heavy atom. The van der Waals surface area contributed by atoms with Gasteiger partial charge in [0.25, 0.3) is 5.95 Å². The van der Waals surface area contributed by atoms with Crippen molar-refractivity contribution in [2.75, 3.05) is 46.4 Å². The number of fused-ring (bicyclic) bond motifs is 1. The Bertz CT molecular complexity index is 1160. The predicted molar refractivity (Wildman–Crippen MR) is 123 cm³/mol. The Balaban J connectivity index is 1.21. The number of halogens is 1. The number of ether oxygens (including phenoxy) is 1. The molecule has 0 bridgehead atoms. The molecular formula is C24H31FN6O3. The number of hydrogen-bond acceptors (Lipinski definition) is 7. The standard InChI is InChI=1S/C24H31FN6O3/c1-15(2)21-18-5-4-6-19(25)22(18)31(27-21)24-26-23(34-28-24)17-7-9-29(10-8-17)11-16-12-30(13-16)20(32)14-33-3/h4-6,15-17H,7-14H2,1-3H3. The maximum atomic E-state index is 14.7. The highest BCUT2D eigenvalue weighted by Crippen LogP contribution is 2.31. The number of likely N-dealkylation sites (tertiary alicyclic amines) is 2. The highest BCUT2D eigenvalue weighted by molar-refractivity contribution is 5.84. The molecule has 2 aromatic heterocycles. The molecule has 2 aliphatic heterocycles. The van der Waals surface area contributed by atoms with Gasteiger partial charge in [0, 0.05) is 44.0 Å². The van der Waals surface area contributed by atoms with Crippen molar-refractivity contribution in [1.29, 1.82) is 0 Å². The van der Waals surface area contributed by atoms with Crippen molar-refractivity contribution < 1.29 is 18.4 Å². The molecule has 34 heavy (non-hydrogen) atoms. The quantitative estimate of drug-likeness (QED) is 0.524. The average molecular weight is 471 g/mol. The molecule has 0 unspecified atom stereocenters. The van der Waals surface area contributed by atoms with Crippen molar-refractivity contribution in [2.24, 2.45) is 5.92 Å². The first-order valence-electron chi connectivity index (χ1n) is 11.9. The minimum absolute atomic E-state index is 0.0648. The SMILES string of the molecule is COCC(=O)N1CC(CN2CCC(c3nc(-n4nc(C(C)C)c5cccc(F)c54)no3)CC2)C1. The van der Waals surface area contributed by atoms with Crippen LogP contribution in [-0.2, 0) is 9.53 Å². The van der Waals surface area contributed by atoms with Crippen molar-refractivity contribution >= 4 is 16.8 Å². The van der Waals surface area contributed by atoms with Crippen molar-refractivity contribution in [3.63, 3.8) is 0 Å². The summed E-state index contributed by atoms with van der Waals surface area (Å²) in [6.45, 7) is 8.72. The van der Waals surface area contributed by atoms with Crippen molar-refractivity contribution in [3.8, 4) is 5.95 Å². The van der Waals surface area contributed by atoms with Gasteiger partial charge in [-0.1, -0.05) is 26.0 Å². The second-order valence-electron chi connectivity index (χ2n) is 9.69. The molecule has 1 aromatic carbocycles. The lowest BCUT2D eigenvalue weighted by Crippen LogP contribution is -2.55. The fraction of sp³-hybridized carbons (Fsp3) is 0.583. The summed E-state index contributed by atoms with van der Waals surface area (Å²) in [4.78, 5) is 20.7. The number of rotatable bonds is 7. The van der Waals surface area contributed by atoms with Crippen LogP contribution in [0.4, 0.5) is 4.39 Å². The highest BCUT2D eigenvalue weighted by atomic mass is 19.1. The largest absolute Gasteiger partial charge is 0.375 e. The minimum atomic E-state index is -0.352. The predicted octanol–water partition coefficient (Wildman–Crippen LogP) is 2.96. The zero-order valence-electron chi connectivity index (χ0n) is 19.9. The fourth-order valence-electron chi connectivity index (χ4n) is 5.03. The number of carbonyl (C=O) groups excluding carboxylic acids is 1. The fourth-order valence-corrected chi connectivity index (χ4v) is 5.03. The average Bonchev–Trinajstić information content (AvgIpc) is 3.42. The molecule has 4 heterocycles. The number of methoxy groups -OCH3 is 1. The van der Waals surface area contributed by atoms with Gasteiger partial charge in [0.2, 0.25) is 11.8 Å². The van der Waals surface area contributed by atoms with Crippen LogP contribution >= 0.6 is 0 Å². The summed E-state index contributed by atoms with van der Waals surface area (Å²) in [5.74, 6) is 1.41. The molecule has 0 N–H and O–H groups in total. The lowest BCUT2D eigenvalue weighted by molar-refractivity contribution is -0.142. The van der Waals surface area contributed by atoms with Gasteiger partial charge in [-0.05, 0) is 43.1 Å². The summed E-state index contributed by atoms with van der Waals surface area (Å²) in [6.07, 6.45) is 1.85. The maximum absolute atomic E-state index is 14.7. The van der Waals surface area contributed by atoms with E-state index in [9.17, 15) is 9.18 Å². The second kappa shape index (κ2) is 9.42. The van der Waals surface area contributed by atoms with Crippen LogP contribution in [0.3, 0.4) is 0 Å². The van der Waals surface area contributed by atoms with Crippen molar-refractivity contribution in [2.45, 2.75) is 38.5 Å². The maximum Gasteiger partial charge on any atom is 0.291 e. The molecule has 2 fully saturated rings. The third-order valence-corrected chi connectivity index (χ3v) is 6.88. The van der Waals surface area contributed by atoms with Gasteiger partial charge in [0.15, 0.2) is 0 Å². The first kappa shape index (κ1) is 22.9. The first-order chi connectivity index (χ1) is 16.4. The highest BCUT2D eigenvalue weighted by Gasteiger charge is 2.33. The van der Waals surface area contributed by atoms with E-state index in [1.165, 1.54) is 10.7 Å². The Labute approximate surface area is 197 Å². The Morgan fingerprint density at radius 3 is 2.74 bits per heavy atom. The molecule has 0 saturated carbocycles. The van der Waals surface area contributed by atoms with Crippen molar-refractivity contribution in [3.05, 3.63) is 35.6 Å². The Morgan fingerprint density at radius 1 is 1.26 bits per heavy atom. The van der Waals surface area contributed by atoms with E-state index in [0.29, 0.717) is 17.3 Å². The van der Waals surface area contributed by atoms with Gasteiger partial charge in [-0.3, -0.25) is 4.79 Å². The second-order valence-corrected chi connectivity index (χ2v) is 9.69. The van der Waals surface area contributed by atoms with Gasteiger partial charge in [-0.15, -0.1) is 0 Å². The van der Waals surface area contributed by atoms with E-state index in [2.05, 4.69) is 20.1 Å². The molecule has 3 aromatic rings. The summed E-state index contributed by atoms with van der Waals surface area (Å²) in [6, 6.07) is 5.00. The number of para-hydroxylation sites is 1. The summed E-state index contributed by atoms with van der Waals surface area (Å²) >= 11 is 0. The zero-order chi connectivity index (χ0) is 23.8. The number of hydrogen-bond donors (Lipinski definition) is 0. The zero-order valence-corrected chi connectivity index (χ0v) is 19.9. The molecule has 2 saturated heterocycles. The molecule has 0 spiro atoms. The van der Waals surface area contributed by atoms with E-state index < -0.39 is 0 Å². The van der Waals surface area contributed by atoms with Crippen molar-refractivity contribution in [1.82, 2.24) is 29.7 Å². The van der Waals surface area contributed by atoms with E-state index in [-0.39, 0.29) is 36.1 Å². The Kier molecular flexibility index (Phi) is 6.35. The Hall–Kier alpha value is -2.85. The number of benzene rings is 1. The van der Waals surface area contributed by atoms with Crippen LogP contribution in [0, 0.1) is 11.7 Å². The monoisotopic (exact) mass is 470 g/mol. The molecule has 0 aliphatic carbocycles. The lowest BCUT2D eigenvalue weighted by atomic mass is 9.94. The molecule has 0 radical (unpaired) electrons. The summed E-state index contributed by atoms with van der Waals surface area (Å²) in [7, 11) is 1.55. The van der Waals surface area contributed by atoms with Crippen LogP contribution in [0.5, 0.6) is 0 Å². The van der Waals surface area contributed by atoms with E-state index in [4.69, 9.17) is 9.26 Å². The van der Waals surface area contributed by atoms with Gasteiger partial charge < -0.3 is 19.1 Å². The van der Waals surface area contributed by atoms with Crippen LogP contribution in [0.15, 0.2) is 22.7 Å². The topological polar surface area (TPSA) is 89.5 Å². The first-order valence-corrected chi connectivity index (χ1v) is 11.9. The number of aromatic nitrogens is 4. The number of piperidine rings is 1. The number of nitrogens with zero attached hydrogens (tertiary/aromatic N) is 6. The molecule has 10 heteroatoms. The molecular weight excluding hydrogens is 439 g/mol. The van der Waals surface area contributed by atoms with Gasteiger partial charge in [0.1, 0.15) is 17.9 Å². The number of amides is 1. The molecule has 0 atom stereocenters. The van der Waals surface area contributed by atoms with Gasteiger partial charge in [0.05, 0.1) is 5.69 Å². The van der Waals surface area contributed by atoms with Crippen LogP contribution in [0.2, 0.25) is 0 Å². The molecule has 182 valence electrons. The van der Waals surface area contributed by atoms with Gasteiger partial charge in [-0.25, -0.2) is 4.39 Å². The third-order valence-electron chi connectivity index (χ3n) is 6.88. The van der Waals surface area contributed by atoms with E-state index >= 15 is 0 Å². The van der Waals surface area contributed by atoms with Crippen LogP contribution < -0.4 is 0 Å². The van der Waals surface area contributed by atoms with E-state index in [1.807, 2.05) is 24.8 Å². The summed E-state index contributed by atoms with van der Waals surface area (Å²) in [5, 5.41) is 9.53. The number of carbonyl (C=O) groups is 1. The molecule has 1 amide bonds. The normalized spacial score (nSPS) is 18.2. The van der Waals surface area contributed by atoms with Gasteiger partial charge in [-0.2, -0.15) is 14.8 Å². The molecule has 9 nitrogen and oxygen atoms in total. The third kappa shape index (κ3) is 4.32. The lowest BCUT2D eigenvalue weighted by Gasteiger charge is -2.42. The summed E-state index contributed by atoms with van der Waals surface area (Å²) < 4.78 is 26.7. The minimum Gasteiger partial charge on any atom is -0.375 e. The van der Waals surface area contributed by atoms with Gasteiger partial charge >= 0.3 is 0 Å². The molecule has 5 rings (SSSR count). The van der Waals surface area contributed by atoms with E-state index in [0.717, 1.165) is 56.6 Å². The van der Waals surface area contributed by atoms with Crippen LogP contribution in [0.25, 0.3) is 16.9 Å². The van der Waals surface area contributed by atoms with Crippen LogP contribution in [-0.4, -0.2) is 82.1 Å².